The summed E-state index contributed by atoms with van der Waals surface area (Å²) in [7, 11) is 1.54. The maximum absolute atomic E-state index is 11.9. The summed E-state index contributed by atoms with van der Waals surface area (Å²) < 4.78 is 5.80. The lowest BCUT2D eigenvalue weighted by atomic mass is 10.0. The van der Waals surface area contributed by atoms with Gasteiger partial charge in [-0.1, -0.05) is 17.7 Å². The third kappa shape index (κ3) is 2.24. The van der Waals surface area contributed by atoms with Gasteiger partial charge >= 0.3 is 0 Å². The molecule has 2 aromatic rings. The van der Waals surface area contributed by atoms with Gasteiger partial charge in [-0.05, 0) is 22.0 Å². The van der Waals surface area contributed by atoms with Gasteiger partial charge in [0.25, 0.3) is 0 Å². The van der Waals surface area contributed by atoms with Gasteiger partial charge in [-0.15, -0.1) is 0 Å². The van der Waals surface area contributed by atoms with E-state index >= 15 is 0 Å². The van der Waals surface area contributed by atoms with Crippen molar-refractivity contribution in [2.24, 2.45) is 0 Å². The Morgan fingerprint density at radius 1 is 1.55 bits per heavy atom. The molecule has 106 valence electrons. The fourth-order valence-corrected chi connectivity index (χ4v) is 3.19. The highest BCUT2D eigenvalue weighted by molar-refractivity contribution is 9.10. The normalized spacial score (nSPS) is 14.7. The molecule has 0 saturated heterocycles. The van der Waals surface area contributed by atoms with E-state index in [1.807, 2.05) is 17.0 Å². The van der Waals surface area contributed by atoms with Crippen LogP contribution >= 0.6 is 27.5 Å². The third-order valence-corrected chi connectivity index (χ3v) is 4.94. The van der Waals surface area contributed by atoms with E-state index in [1.165, 1.54) is 12.8 Å². The molecule has 0 atom stereocenters. The predicted octanol–water partition coefficient (Wildman–Crippen LogP) is 3.11. The Kier molecular flexibility index (Phi) is 3.75. The van der Waals surface area contributed by atoms with Gasteiger partial charge in [-0.3, -0.25) is 4.79 Å². The first-order chi connectivity index (χ1) is 9.61. The maximum Gasteiger partial charge on any atom is 0.248 e. The molecular formula is C14H14BrClN2O2. The molecule has 1 aromatic heterocycles. The number of rotatable bonds is 2. The number of halogens is 2. The zero-order chi connectivity index (χ0) is 14.3. The number of hydrogen-bond donors (Lipinski definition) is 1. The molecule has 0 spiro atoms. The summed E-state index contributed by atoms with van der Waals surface area (Å²) in [6.07, 6.45) is 0.813. The van der Waals surface area contributed by atoms with Crippen LogP contribution in [0.2, 0.25) is 5.02 Å². The van der Waals surface area contributed by atoms with Crippen molar-refractivity contribution in [3.63, 3.8) is 0 Å². The van der Waals surface area contributed by atoms with Crippen molar-refractivity contribution in [3.8, 4) is 0 Å². The number of methoxy groups -OCH3 is 1. The van der Waals surface area contributed by atoms with Gasteiger partial charge in [0.15, 0.2) is 0 Å². The molecule has 6 heteroatoms. The van der Waals surface area contributed by atoms with Crippen LogP contribution in [0.1, 0.15) is 11.3 Å². The van der Waals surface area contributed by atoms with Gasteiger partial charge in [0.1, 0.15) is 6.61 Å². The number of carbonyl (C=O) groups is 1. The number of nitrogens with one attached hydrogen (secondary N) is 1. The van der Waals surface area contributed by atoms with Crippen LogP contribution < -0.4 is 0 Å². The smallest absolute Gasteiger partial charge is 0.248 e. The Hall–Kier alpha value is -1.04. The van der Waals surface area contributed by atoms with Gasteiger partial charge < -0.3 is 14.6 Å². The maximum atomic E-state index is 11.9. The van der Waals surface area contributed by atoms with Crippen LogP contribution in [0, 0.1) is 0 Å². The standard InChI is InChI=1S/C14H14BrClN2O2/c1-20-7-12(19)18-5-4-11-9(6-18)8-2-3-10(15)13(16)14(8)17-11/h2-3,17H,4-7H2,1H3. The van der Waals surface area contributed by atoms with Crippen molar-refractivity contribution in [1.29, 1.82) is 0 Å². The number of amides is 1. The summed E-state index contributed by atoms with van der Waals surface area (Å²) in [6, 6.07) is 3.97. The van der Waals surface area contributed by atoms with Gasteiger partial charge in [-0.25, -0.2) is 0 Å². The molecule has 1 N–H and O–H groups in total. The molecule has 1 aliphatic heterocycles. The molecule has 3 rings (SSSR count). The molecule has 4 nitrogen and oxygen atoms in total. The van der Waals surface area contributed by atoms with Crippen molar-refractivity contribution in [2.75, 3.05) is 20.3 Å². The highest BCUT2D eigenvalue weighted by Gasteiger charge is 2.24. The number of H-pyrrole nitrogens is 1. The molecular weight excluding hydrogens is 344 g/mol. The number of carbonyl (C=O) groups excluding carboxylic acids is 1. The molecule has 0 unspecified atom stereocenters. The van der Waals surface area contributed by atoms with Crippen LogP contribution in [0.3, 0.4) is 0 Å². The van der Waals surface area contributed by atoms with Gasteiger partial charge in [0, 0.05) is 47.7 Å². The van der Waals surface area contributed by atoms with E-state index in [9.17, 15) is 4.79 Å². The summed E-state index contributed by atoms with van der Waals surface area (Å²) in [6.45, 7) is 1.44. The quantitative estimate of drug-likeness (QED) is 0.897. The number of aromatic nitrogens is 1. The average Bonchev–Trinajstić information content (AvgIpc) is 2.81. The van der Waals surface area contributed by atoms with E-state index in [4.69, 9.17) is 16.3 Å². The highest BCUT2D eigenvalue weighted by Crippen LogP contribution is 2.35. The van der Waals surface area contributed by atoms with Gasteiger partial charge in [-0.2, -0.15) is 0 Å². The van der Waals surface area contributed by atoms with E-state index < -0.39 is 0 Å². The molecule has 0 saturated carbocycles. The minimum absolute atomic E-state index is 0.0238. The SMILES string of the molecule is COCC(=O)N1CCc2[nH]c3c(Cl)c(Br)ccc3c2C1. The van der Waals surface area contributed by atoms with Crippen molar-refractivity contribution >= 4 is 44.3 Å². The Morgan fingerprint density at radius 3 is 3.10 bits per heavy atom. The largest absolute Gasteiger partial charge is 0.375 e. The number of fused-ring (bicyclic) bond motifs is 3. The Bertz CT molecular complexity index is 683. The Balaban J connectivity index is 2.01. The van der Waals surface area contributed by atoms with Crippen molar-refractivity contribution < 1.29 is 9.53 Å². The molecule has 0 bridgehead atoms. The van der Waals surface area contributed by atoms with Gasteiger partial charge in [0.2, 0.25) is 5.91 Å². The fraction of sp³-hybridized carbons (Fsp3) is 0.357. The second-order valence-corrected chi connectivity index (χ2v) is 6.10. The van der Waals surface area contributed by atoms with E-state index in [0.29, 0.717) is 18.1 Å². The van der Waals surface area contributed by atoms with Crippen LogP contribution in [0.4, 0.5) is 0 Å². The number of benzene rings is 1. The molecule has 1 aliphatic rings. The highest BCUT2D eigenvalue weighted by atomic mass is 79.9. The lowest BCUT2D eigenvalue weighted by molar-refractivity contribution is -0.136. The lowest BCUT2D eigenvalue weighted by Crippen LogP contribution is -2.37. The minimum atomic E-state index is 0.0238. The fourth-order valence-electron chi connectivity index (χ4n) is 2.65. The zero-order valence-electron chi connectivity index (χ0n) is 11.0. The molecule has 0 aliphatic carbocycles. The van der Waals surface area contributed by atoms with E-state index in [1.54, 1.807) is 0 Å². The number of hydrogen-bond acceptors (Lipinski definition) is 2. The molecule has 2 heterocycles. The third-order valence-electron chi connectivity index (χ3n) is 3.66. The Morgan fingerprint density at radius 2 is 2.35 bits per heavy atom. The predicted molar refractivity (Wildman–Crippen MR) is 82.0 cm³/mol. The minimum Gasteiger partial charge on any atom is -0.375 e. The summed E-state index contributed by atoms with van der Waals surface area (Å²) in [5.41, 5.74) is 3.26. The first-order valence-corrected chi connectivity index (χ1v) is 7.53. The molecule has 0 fully saturated rings. The molecule has 1 amide bonds. The summed E-state index contributed by atoms with van der Waals surface area (Å²) in [4.78, 5) is 17.2. The van der Waals surface area contributed by atoms with Gasteiger partial charge in [0.05, 0.1) is 10.5 Å². The Labute approximate surface area is 130 Å². The molecule has 20 heavy (non-hydrogen) atoms. The lowest BCUT2D eigenvalue weighted by Gasteiger charge is -2.27. The number of ether oxygens (including phenoxy) is 1. The van der Waals surface area contributed by atoms with E-state index in [0.717, 1.165) is 27.4 Å². The van der Waals surface area contributed by atoms with Crippen LogP contribution in [-0.2, 0) is 22.5 Å². The molecule has 1 aromatic carbocycles. The van der Waals surface area contributed by atoms with Crippen molar-refractivity contribution in [1.82, 2.24) is 9.88 Å². The molecule has 0 radical (unpaired) electrons. The first-order valence-electron chi connectivity index (χ1n) is 6.36. The van der Waals surface area contributed by atoms with Crippen LogP contribution in [0.5, 0.6) is 0 Å². The van der Waals surface area contributed by atoms with E-state index in [2.05, 4.69) is 20.9 Å². The second-order valence-electron chi connectivity index (χ2n) is 4.86. The number of aromatic amines is 1. The monoisotopic (exact) mass is 356 g/mol. The first kappa shape index (κ1) is 13.9. The topological polar surface area (TPSA) is 45.3 Å². The average molecular weight is 358 g/mol. The summed E-state index contributed by atoms with van der Waals surface area (Å²) in [5, 5.41) is 1.77. The summed E-state index contributed by atoms with van der Waals surface area (Å²) >= 11 is 9.75. The zero-order valence-corrected chi connectivity index (χ0v) is 13.3. The van der Waals surface area contributed by atoms with E-state index in [-0.39, 0.29) is 12.5 Å². The second kappa shape index (κ2) is 5.39. The number of nitrogens with zero attached hydrogens (tertiary/aromatic N) is 1. The summed E-state index contributed by atoms with van der Waals surface area (Å²) in [5.74, 6) is 0.0238. The van der Waals surface area contributed by atoms with Crippen molar-refractivity contribution in [2.45, 2.75) is 13.0 Å². The van der Waals surface area contributed by atoms with Crippen LogP contribution in [-0.4, -0.2) is 36.1 Å². The van der Waals surface area contributed by atoms with Crippen molar-refractivity contribution in [3.05, 3.63) is 32.9 Å². The van der Waals surface area contributed by atoms with Crippen LogP contribution in [0.15, 0.2) is 16.6 Å². The van der Waals surface area contributed by atoms with Crippen LogP contribution in [0.25, 0.3) is 10.9 Å².